The first-order chi connectivity index (χ1) is 8.76. The topological polar surface area (TPSA) is 30.5 Å². The van der Waals surface area contributed by atoms with Gasteiger partial charge >= 0.3 is 0 Å². The van der Waals surface area contributed by atoms with Crippen LogP contribution >= 0.6 is 0 Å². The van der Waals surface area contributed by atoms with Crippen LogP contribution in [0.15, 0.2) is 18.2 Å². The predicted molar refractivity (Wildman–Crippen MR) is 74.0 cm³/mol. The van der Waals surface area contributed by atoms with Gasteiger partial charge in [-0.25, -0.2) is 0 Å². The molecule has 0 aliphatic carbocycles. The third-order valence-electron chi connectivity index (χ3n) is 2.48. The molecule has 0 amide bonds. The molecular formula is C15H21NO2. The van der Waals surface area contributed by atoms with E-state index in [4.69, 9.17) is 15.9 Å². The van der Waals surface area contributed by atoms with E-state index in [-0.39, 0.29) is 6.04 Å². The maximum atomic E-state index is 5.58. The third-order valence-corrected chi connectivity index (χ3v) is 2.48. The second-order valence-electron chi connectivity index (χ2n) is 3.73. The van der Waals surface area contributed by atoms with Gasteiger partial charge in [0.25, 0.3) is 0 Å². The molecule has 1 aromatic carbocycles. The average Bonchev–Trinajstić information content (AvgIpc) is 2.38. The molecular weight excluding hydrogens is 226 g/mol. The summed E-state index contributed by atoms with van der Waals surface area (Å²) in [6.45, 7) is 7.98. The Balaban J connectivity index is 3.01. The SMILES string of the molecule is C#CC(NCC)c1ccc(OCC)c(OCC)c1. The van der Waals surface area contributed by atoms with Gasteiger partial charge in [-0.15, -0.1) is 6.42 Å². The number of rotatable bonds is 7. The molecule has 3 nitrogen and oxygen atoms in total. The molecule has 0 bridgehead atoms. The summed E-state index contributed by atoms with van der Waals surface area (Å²) in [5.41, 5.74) is 1.02. The molecule has 18 heavy (non-hydrogen) atoms. The molecule has 98 valence electrons. The summed E-state index contributed by atoms with van der Waals surface area (Å²) in [7, 11) is 0. The lowest BCUT2D eigenvalue weighted by Crippen LogP contribution is -2.19. The van der Waals surface area contributed by atoms with Gasteiger partial charge in [0.1, 0.15) is 0 Å². The zero-order chi connectivity index (χ0) is 13.4. The molecule has 1 atom stereocenters. The summed E-state index contributed by atoms with van der Waals surface area (Å²) >= 11 is 0. The fourth-order valence-electron chi connectivity index (χ4n) is 1.72. The van der Waals surface area contributed by atoms with Gasteiger partial charge in [-0.3, -0.25) is 0 Å². The molecule has 0 aliphatic rings. The van der Waals surface area contributed by atoms with E-state index in [1.807, 2.05) is 39.0 Å². The Morgan fingerprint density at radius 2 is 1.83 bits per heavy atom. The van der Waals surface area contributed by atoms with E-state index in [1.165, 1.54) is 0 Å². The Morgan fingerprint density at radius 1 is 1.17 bits per heavy atom. The molecule has 1 aromatic rings. The molecule has 0 aromatic heterocycles. The molecule has 1 rings (SSSR count). The first kappa shape index (κ1) is 14.4. The largest absolute Gasteiger partial charge is 0.490 e. The summed E-state index contributed by atoms with van der Waals surface area (Å²) < 4.78 is 11.1. The first-order valence-electron chi connectivity index (χ1n) is 6.35. The average molecular weight is 247 g/mol. The van der Waals surface area contributed by atoms with Crippen molar-refractivity contribution in [3.63, 3.8) is 0 Å². The number of hydrogen-bond donors (Lipinski definition) is 1. The summed E-state index contributed by atoms with van der Waals surface area (Å²) in [6, 6.07) is 5.73. The molecule has 1 N–H and O–H groups in total. The van der Waals surface area contributed by atoms with Crippen molar-refractivity contribution in [2.24, 2.45) is 0 Å². The Labute approximate surface area is 109 Å². The molecule has 0 saturated carbocycles. The van der Waals surface area contributed by atoms with Crippen LogP contribution in [-0.4, -0.2) is 19.8 Å². The highest BCUT2D eigenvalue weighted by molar-refractivity contribution is 5.45. The van der Waals surface area contributed by atoms with Crippen molar-refractivity contribution in [2.75, 3.05) is 19.8 Å². The highest BCUT2D eigenvalue weighted by atomic mass is 16.5. The van der Waals surface area contributed by atoms with Gasteiger partial charge in [-0.1, -0.05) is 18.9 Å². The Morgan fingerprint density at radius 3 is 2.39 bits per heavy atom. The summed E-state index contributed by atoms with van der Waals surface area (Å²) in [6.07, 6.45) is 5.53. The number of ether oxygens (including phenoxy) is 2. The maximum Gasteiger partial charge on any atom is 0.161 e. The first-order valence-corrected chi connectivity index (χ1v) is 6.35. The number of nitrogens with one attached hydrogen (secondary N) is 1. The van der Waals surface area contributed by atoms with Gasteiger partial charge in [-0.05, 0) is 38.1 Å². The number of benzene rings is 1. The second-order valence-corrected chi connectivity index (χ2v) is 3.73. The Hall–Kier alpha value is -1.66. The van der Waals surface area contributed by atoms with E-state index in [1.54, 1.807) is 0 Å². The lowest BCUT2D eigenvalue weighted by molar-refractivity contribution is 0.287. The highest BCUT2D eigenvalue weighted by Gasteiger charge is 2.11. The van der Waals surface area contributed by atoms with Crippen LogP contribution in [0.3, 0.4) is 0 Å². The summed E-state index contributed by atoms with van der Waals surface area (Å²) in [5, 5.41) is 3.24. The van der Waals surface area contributed by atoms with Crippen molar-refractivity contribution in [1.29, 1.82) is 0 Å². The molecule has 3 heteroatoms. The van der Waals surface area contributed by atoms with Crippen LogP contribution in [0.5, 0.6) is 11.5 Å². The van der Waals surface area contributed by atoms with E-state index < -0.39 is 0 Å². The molecule has 0 spiro atoms. The van der Waals surface area contributed by atoms with Crippen LogP contribution in [0.25, 0.3) is 0 Å². The predicted octanol–water partition coefficient (Wildman–Crippen LogP) is 2.77. The van der Waals surface area contributed by atoms with Crippen molar-refractivity contribution < 1.29 is 9.47 Å². The molecule has 1 unspecified atom stereocenters. The summed E-state index contributed by atoms with van der Waals surface area (Å²) in [4.78, 5) is 0. The zero-order valence-corrected chi connectivity index (χ0v) is 11.3. The lowest BCUT2D eigenvalue weighted by atomic mass is 10.1. The minimum Gasteiger partial charge on any atom is -0.490 e. The van der Waals surface area contributed by atoms with Crippen molar-refractivity contribution >= 4 is 0 Å². The van der Waals surface area contributed by atoms with Crippen molar-refractivity contribution in [2.45, 2.75) is 26.8 Å². The Bertz CT molecular complexity index is 409. The van der Waals surface area contributed by atoms with Crippen LogP contribution in [0.4, 0.5) is 0 Å². The molecule has 0 heterocycles. The van der Waals surface area contributed by atoms with Crippen molar-refractivity contribution in [1.82, 2.24) is 5.32 Å². The molecule has 0 fully saturated rings. The maximum absolute atomic E-state index is 5.58. The number of terminal acetylenes is 1. The second kappa shape index (κ2) is 7.62. The van der Waals surface area contributed by atoms with E-state index in [0.29, 0.717) is 13.2 Å². The van der Waals surface area contributed by atoms with Gasteiger partial charge in [0.2, 0.25) is 0 Å². The normalized spacial score (nSPS) is 11.7. The molecule has 0 aliphatic heterocycles. The Kier molecular flexibility index (Phi) is 6.10. The minimum atomic E-state index is -0.0927. The van der Waals surface area contributed by atoms with Crippen LogP contribution < -0.4 is 14.8 Å². The van der Waals surface area contributed by atoms with Gasteiger partial charge in [-0.2, -0.15) is 0 Å². The lowest BCUT2D eigenvalue weighted by Gasteiger charge is -2.16. The molecule has 0 radical (unpaired) electrons. The standard InChI is InChI=1S/C15H21NO2/c1-5-13(16-6-2)12-9-10-14(17-7-3)15(11-12)18-8-4/h1,9-11,13,16H,6-8H2,2-4H3. The van der Waals surface area contributed by atoms with Gasteiger partial charge in [0.05, 0.1) is 19.3 Å². The zero-order valence-electron chi connectivity index (χ0n) is 11.3. The third kappa shape index (κ3) is 3.68. The van der Waals surface area contributed by atoms with Crippen LogP contribution in [0.2, 0.25) is 0 Å². The fourth-order valence-corrected chi connectivity index (χ4v) is 1.72. The van der Waals surface area contributed by atoms with E-state index in [0.717, 1.165) is 23.6 Å². The minimum absolute atomic E-state index is 0.0927. The van der Waals surface area contributed by atoms with Crippen molar-refractivity contribution in [3.8, 4) is 23.8 Å². The van der Waals surface area contributed by atoms with Crippen LogP contribution in [-0.2, 0) is 0 Å². The van der Waals surface area contributed by atoms with E-state index in [2.05, 4.69) is 11.2 Å². The van der Waals surface area contributed by atoms with Gasteiger partial charge in [0, 0.05) is 0 Å². The van der Waals surface area contributed by atoms with Crippen LogP contribution in [0.1, 0.15) is 32.4 Å². The number of hydrogen-bond acceptors (Lipinski definition) is 3. The molecule has 0 saturated heterocycles. The smallest absolute Gasteiger partial charge is 0.161 e. The van der Waals surface area contributed by atoms with Crippen molar-refractivity contribution in [3.05, 3.63) is 23.8 Å². The summed E-state index contributed by atoms with van der Waals surface area (Å²) in [5.74, 6) is 4.24. The monoisotopic (exact) mass is 247 g/mol. The van der Waals surface area contributed by atoms with E-state index >= 15 is 0 Å². The fraction of sp³-hybridized carbons (Fsp3) is 0.467. The quantitative estimate of drug-likeness (QED) is 0.752. The van der Waals surface area contributed by atoms with Gasteiger partial charge < -0.3 is 14.8 Å². The van der Waals surface area contributed by atoms with Gasteiger partial charge in [0.15, 0.2) is 11.5 Å². The highest BCUT2D eigenvalue weighted by Crippen LogP contribution is 2.30. The van der Waals surface area contributed by atoms with Crippen LogP contribution in [0, 0.1) is 12.3 Å². The van der Waals surface area contributed by atoms with E-state index in [9.17, 15) is 0 Å².